The van der Waals surface area contributed by atoms with Gasteiger partial charge in [-0.1, -0.05) is 41.9 Å². The van der Waals surface area contributed by atoms with Gasteiger partial charge in [-0.2, -0.15) is 0 Å². The highest BCUT2D eigenvalue weighted by Gasteiger charge is 2.34. The van der Waals surface area contributed by atoms with Gasteiger partial charge in [0.1, 0.15) is 5.82 Å². The van der Waals surface area contributed by atoms with Gasteiger partial charge in [0.05, 0.1) is 10.6 Å². The van der Waals surface area contributed by atoms with Crippen LogP contribution in [0.5, 0.6) is 0 Å². The summed E-state index contributed by atoms with van der Waals surface area (Å²) in [5.41, 5.74) is 2.46. The van der Waals surface area contributed by atoms with E-state index in [1.165, 1.54) is 17.2 Å². The first-order valence-corrected chi connectivity index (χ1v) is 6.67. The fourth-order valence-corrected chi connectivity index (χ4v) is 3.03. The van der Waals surface area contributed by atoms with Crippen molar-refractivity contribution in [2.45, 2.75) is 24.9 Å². The van der Waals surface area contributed by atoms with Crippen molar-refractivity contribution in [1.82, 2.24) is 0 Å². The molecule has 19 heavy (non-hydrogen) atoms. The monoisotopic (exact) mass is 276 g/mol. The second-order valence-corrected chi connectivity index (χ2v) is 5.68. The Hall–Kier alpha value is -1.38. The van der Waals surface area contributed by atoms with E-state index in [2.05, 4.69) is 0 Å². The molecule has 3 rings (SSSR count). The molecule has 2 aromatic carbocycles. The second kappa shape index (κ2) is 4.62. The Bertz CT molecular complexity index is 599. The predicted octanol–water partition coefficient (Wildman–Crippen LogP) is 3.55. The summed E-state index contributed by atoms with van der Waals surface area (Å²) in [6.45, 7) is 0. The van der Waals surface area contributed by atoms with E-state index in [9.17, 15) is 9.50 Å². The summed E-state index contributed by atoms with van der Waals surface area (Å²) in [4.78, 5) is 0. The van der Waals surface area contributed by atoms with Crippen LogP contribution in [0, 0.1) is 5.82 Å². The van der Waals surface area contributed by atoms with Crippen LogP contribution in [0.3, 0.4) is 0 Å². The molecule has 2 aromatic rings. The zero-order valence-electron chi connectivity index (χ0n) is 10.4. The molecule has 0 atom stereocenters. The van der Waals surface area contributed by atoms with E-state index < -0.39 is 11.4 Å². The number of aliphatic hydroxyl groups is 1. The van der Waals surface area contributed by atoms with Gasteiger partial charge in [-0.3, -0.25) is 0 Å². The summed E-state index contributed by atoms with van der Waals surface area (Å²) >= 11 is 5.78. The molecule has 0 aliphatic heterocycles. The van der Waals surface area contributed by atoms with Crippen LogP contribution in [-0.2, 0) is 19.3 Å². The Balaban J connectivity index is 1.83. The maximum Gasteiger partial charge on any atom is 0.141 e. The van der Waals surface area contributed by atoms with E-state index in [-0.39, 0.29) is 5.02 Å². The predicted molar refractivity (Wildman–Crippen MR) is 73.9 cm³/mol. The standard InChI is InChI=1S/C16H14ClFO/c17-14-7-11(5-6-15(14)18)8-16(19)9-12-3-1-2-4-13(12)10-16/h1-7,19H,8-10H2. The minimum absolute atomic E-state index is 0.108. The van der Waals surface area contributed by atoms with Gasteiger partial charge in [-0.15, -0.1) is 0 Å². The van der Waals surface area contributed by atoms with E-state index in [1.807, 2.05) is 24.3 Å². The third-order valence-electron chi connectivity index (χ3n) is 3.67. The Labute approximate surface area is 116 Å². The van der Waals surface area contributed by atoms with Crippen LogP contribution < -0.4 is 0 Å². The van der Waals surface area contributed by atoms with E-state index in [0.717, 1.165) is 5.56 Å². The fraction of sp³-hybridized carbons (Fsp3) is 0.250. The lowest BCUT2D eigenvalue weighted by molar-refractivity contribution is 0.0518. The summed E-state index contributed by atoms with van der Waals surface area (Å²) in [7, 11) is 0. The van der Waals surface area contributed by atoms with Crippen molar-refractivity contribution in [3.63, 3.8) is 0 Å². The summed E-state index contributed by atoms with van der Waals surface area (Å²) in [5.74, 6) is -0.424. The van der Waals surface area contributed by atoms with E-state index >= 15 is 0 Å². The van der Waals surface area contributed by atoms with Crippen LogP contribution >= 0.6 is 11.6 Å². The highest BCUT2D eigenvalue weighted by molar-refractivity contribution is 6.30. The maximum atomic E-state index is 13.1. The molecule has 0 unspecified atom stereocenters. The third kappa shape index (κ3) is 2.51. The highest BCUT2D eigenvalue weighted by atomic mass is 35.5. The fourth-order valence-electron chi connectivity index (χ4n) is 2.83. The van der Waals surface area contributed by atoms with Crippen LogP contribution in [0.4, 0.5) is 4.39 Å². The van der Waals surface area contributed by atoms with Crippen molar-refractivity contribution in [3.8, 4) is 0 Å². The Kier molecular flexibility index (Phi) is 3.08. The Morgan fingerprint density at radius 3 is 2.32 bits per heavy atom. The lowest BCUT2D eigenvalue weighted by Gasteiger charge is -2.22. The smallest absolute Gasteiger partial charge is 0.141 e. The highest BCUT2D eigenvalue weighted by Crippen LogP contribution is 2.33. The van der Waals surface area contributed by atoms with Crippen molar-refractivity contribution in [1.29, 1.82) is 0 Å². The molecule has 0 saturated heterocycles. The van der Waals surface area contributed by atoms with Gasteiger partial charge in [0.15, 0.2) is 0 Å². The molecule has 98 valence electrons. The average molecular weight is 277 g/mol. The molecule has 0 aromatic heterocycles. The van der Waals surface area contributed by atoms with Crippen LogP contribution in [0.25, 0.3) is 0 Å². The summed E-state index contributed by atoms with van der Waals surface area (Å²) in [6, 6.07) is 12.7. The van der Waals surface area contributed by atoms with Gasteiger partial charge in [-0.05, 0) is 28.8 Å². The van der Waals surface area contributed by atoms with Crippen molar-refractivity contribution < 1.29 is 9.50 Å². The molecule has 1 aliphatic carbocycles. The molecule has 0 spiro atoms. The largest absolute Gasteiger partial charge is 0.389 e. The Morgan fingerprint density at radius 2 is 1.74 bits per heavy atom. The summed E-state index contributed by atoms with van der Waals surface area (Å²) in [6.07, 6.45) is 1.76. The molecule has 1 nitrogen and oxygen atoms in total. The van der Waals surface area contributed by atoms with Crippen LogP contribution in [0.15, 0.2) is 42.5 Å². The SMILES string of the molecule is OC1(Cc2ccc(F)c(Cl)c2)Cc2ccccc2C1. The van der Waals surface area contributed by atoms with Crippen molar-refractivity contribution in [2.24, 2.45) is 0 Å². The van der Waals surface area contributed by atoms with Gasteiger partial charge in [0, 0.05) is 19.3 Å². The topological polar surface area (TPSA) is 20.2 Å². The number of hydrogen-bond donors (Lipinski definition) is 1. The second-order valence-electron chi connectivity index (χ2n) is 5.27. The van der Waals surface area contributed by atoms with Gasteiger partial charge in [0.25, 0.3) is 0 Å². The molecule has 0 bridgehead atoms. The lowest BCUT2D eigenvalue weighted by atomic mass is 9.91. The molecule has 0 fully saturated rings. The maximum absolute atomic E-state index is 13.1. The van der Waals surface area contributed by atoms with Gasteiger partial charge in [-0.25, -0.2) is 4.39 Å². The van der Waals surface area contributed by atoms with Crippen LogP contribution in [-0.4, -0.2) is 10.7 Å². The molecule has 3 heteroatoms. The number of hydrogen-bond acceptors (Lipinski definition) is 1. The molecule has 0 saturated carbocycles. The normalized spacial score (nSPS) is 16.4. The van der Waals surface area contributed by atoms with Crippen molar-refractivity contribution in [2.75, 3.05) is 0 Å². The van der Waals surface area contributed by atoms with Gasteiger partial charge >= 0.3 is 0 Å². The molecule has 0 amide bonds. The van der Waals surface area contributed by atoms with E-state index in [0.29, 0.717) is 19.3 Å². The number of benzene rings is 2. The number of fused-ring (bicyclic) bond motifs is 1. The number of halogens is 2. The number of rotatable bonds is 2. The van der Waals surface area contributed by atoms with Gasteiger partial charge in [0.2, 0.25) is 0 Å². The zero-order valence-corrected chi connectivity index (χ0v) is 11.1. The van der Waals surface area contributed by atoms with Crippen molar-refractivity contribution >= 4 is 11.6 Å². The molecular weight excluding hydrogens is 263 g/mol. The molecule has 1 aliphatic rings. The first-order chi connectivity index (χ1) is 9.06. The average Bonchev–Trinajstić information content (AvgIpc) is 2.69. The van der Waals surface area contributed by atoms with E-state index in [4.69, 9.17) is 11.6 Å². The van der Waals surface area contributed by atoms with Crippen LogP contribution in [0.1, 0.15) is 16.7 Å². The minimum Gasteiger partial charge on any atom is -0.389 e. The molecule has 1 N–H and O–H groups in total. The first kappa shape index (κ1) is 12.6. The first-order valence-electron chi connectivity index (χ1n) is 6.29. The van der Waals surface area contributed by atoms with E-state index in [1.54, 1.807) is 12.1 Å². The third-order valence-corrected chi connectivity index (χ3v) is 3.96. The molecular formula is C16H14ClFO. The zero-order chi connectivity index (χ0) is 13.5. The van der Waals surface area contributed by atoms with Crippen molar-refractivity contribution in [3.05, 3.63) is 70.0 Å². The summed E-state index contributed by atoms with van der Waals surface area (Å²) < 4.78 is 13.1. The van der Waals surface area contributed by atoms with Crippen LogP contribution in [0.2, 0.25) is 5.02 Å². The lowest BCUT2D eigenvalue weighted by Crippen LogP contribution is -2.32. The minimum atomic E-state index is -0.787. The van der Waals surface area contributed by atoms with Gasteiger partial charge < -0.3 is 5.11 Å². The Morgan fingerprint density at radius 1 is 1.11 bits per heavy atom. The molecule has 0 radical (unpaired) electrons. The summed E-state index contributed by atoms with van der Waals surface area (Å²) in [5, 5.41) is 10.8. The quantitative estimate of drug-likeness (QED) is 0.889. The molecule has 0 heterocycles.